The fourth-order valence-corrected chi connectivity index (χ4v) is 2.50. The minimum Gasteiger partial charge on any atom is -0.394 e. The van der Waals surface area contributed by atoms with Crippen LogP contribution in [0.2, 0.25) is 0 Å². The van der Waals surface area contributed by atoms with Gasteiger partial charge in [-0.3, -0.25) is 0 Å². The topological polar surface area (TPSA) is 46.2 Å². The Morgan fingerprint density at radius 3 is 2.00 bits per heavy atom. The molecule has 0 aliphatic carbocycles. The first-order valence-corrected chi connectivity index (χ1v) is 8.23. The predicted molar refractivity (Wildman–Crippen MR) is 86.8 cm³/mol. The smallest absolute Gasteiger partial charge is 0.0624 e. The molecule has 0 spiro atoms. The summed E-state index contributed by atoms with van der Waals surface area (Å²) in [7, 11) is 0. The number of benzene rings is 1. The fraction of sp³-hybridized carbons (Fsp3) is 0.667. The van der Waals surface area contributed by atoms with Gasteiger partial charge < -0.3 is 10.8 Å². The predicted octanol–water partition coefficient (Wildman–Crippen LogP) is 4.36. The van der Waals surface area contributed by atoms with Crippen molar-refractivity contribution in [2.75, 3.05) is 6.61 Å². The quantitative estimate of drug-likeness (QED) is 0.590. The van der Waals surface area contributed by atoms with Crippen molar-refractivity contribution in [3.05, 3.63) is 35.4 Å². The van der Waals surface area contributed by atoms with Crippen LogP contribution >= 0.6 is 0 Å². The van der Waals surface area contributed by atoms with Gasteiger partial charge in [-0.1, -0.05) is 76.1 Å². The van der Waals surface area contributed by atoms with Crippen LogP contribution in [0.5, 0.6) is 0 Å². The van der Waals surface area contributed by atoms with Gasteiger partial charge in [-0.05, 0) is 24.0 Å². The van der Waals surface area contributed by atoms with Gasteiger partial charge in [0.05, 0.1) is 12.6 Å². The molecular formula is C18H31NO. The molecule has 1 aromatic carbocycles. The molecular weight excluding hydrogens is 246 g/mol. The van der Waals surface area contributed by atoms with Gasteiger partial charge in [0.25, 0.3) is 0 Å². The third-order valence-electron chi connectivity index (χ3n) is 3.92. The zero-order chi connectivity index (χ0) is 14.6. The molecule has 0 radical (unpaired) electrons. The number of aliphatic hydroxyl groups excluding tert-OH is 1. The molecule has 0 amide bonds. The van der Waals surface area contributed by atoms with Crippen LogP contribution in [0.4, 0.5) is 0 Å². The van der Waals surface area contributed by atoms with Crippen LogP contribution in [0.3, 0.4) is 0 Å². The molecule has 1 rings (SSSR count). The summed E-state index contributed by atoms with van der Waals surface area (Å²) in [5.41, 5.74) is 8.18. The van der Waals surface area contributed by atoms with E-state index < -0.39 is 0 Å². The molecule has 2 nitrogen and oxygen atoms in total. The Bertz CT molecular complexity index is 334. The zero-order valence-corrected chi connectivity index (χ0v) is 13.0. The van der Waals surface area contributed by atoms with E-state index in [1.165, 1.54) is 56.9 Å². The summed E-state index contributed by atoms with van der Waals surface area (Å²) in [6, 6.07) is 8.13. The van der Waals surface area contributed by atoms with E-state index in [1.54, 1.807) is 0 Å². The zero-order valence-electron chi connectivity index (χ0n) is 13.0. The van der Waals surface area contributed by atoms with Crippen LogP contribution in [0.1, 0.15) is 75.5 Å². The molecule has 0 saturated heterocycles. The van der Waals surface area contributed by atoms with Crippen LogP contribution in [0.25, 0.3) is 0 Å². The summed E-state index contributed by atoms with van der Waals surface area (Å²) in [6.07, 6.45) is 12.1. The monoisotopic (exact) mass is 277 g/mol. The van der Waals surface area contributed by atoms with Crippen LogP contribution in [-0.2, 0) is 6.42 Å². The van der Waals surface area contributed by atoms with Gasteiger partial charge in [0.15, 0.2) is 0 Å². The fourth-order valence-electron chi connectivity index (χ4n) is 2.50. The highest BCUT2D eigenvalue weighted by Gasteiger charge is 2.03. The van der Waals surface area contributed by atoms with Gasteiger partial charge in [-0.15, -0.1) is 0 Å². The Hall–Kier alpha value is -0.860. The number of hydrogen-bond acceptors (Lipinski definition) is 2. The van der Waals surface area contributed by atoms with Crippen LogP contribution in [0.15, 0.2) is 24.3 Å². The number of rotatable bonds is 11. The summed E-state index contributed by atoms with van der Waals surface area (Å²) in [6.45, 7) is 2.27. The van der Waals surface area contributed by atoms with Crippen LogP contribution in [-0.4, -0.2) is 11.7 Å². The van der Waals surface area contributed by atoms with Gasteiger partial charge >= 0.3 is 0 Å². The lowest BCUT2D eigenvalue weighted by atomic mass is 10.0. The van der Waals surface area contributed by atoms with Crippen LogP contribution < -0.4 is 5.73 Å². The van der Waals surface area contributed by atoms with E-state index in [9.17, 15) is 0 Å². The molecule has 0 heterocycles. The van der Waals surface area contributed by atoms with Crippen molar-refractivity contribution in [1.82, 2.24) is 0 Å². The standard InChI is InChI=1S/C18H31NO/c1-2-3-4-5-6-7-8-9-10-16-11-13-17(14-12-16)18(19)15-20/h11-14,18,20H,2-10,15,19H2,1H3. The second-order valence-electron chi connectivity index (χ2n) is 5.76. The molecule has 0 saturated carbocycles. The van der Waals surface area contributed by atoms with Crippen molar-refractivity contribution in [1.29, 1.82) is 0 Å². The van der Waals surface area contributed by atoms with Gasteiger partial charge in [0, 0.05) is 0 Å². The first-order chi connectivity index (χ1) is 9.77. The lowest BCUT2D eigenvalue weighted by molar-refractivity contribution is 0.268. The molecule has 0 aliphatic rings. The molecule has 20 heavy (non-hydrogen) atoms. The van der Waals surface area contributed by atoms with E-state index in [-0.39, 0.29) is 12.6 Å². The second kappa shape index (κ2) is 10.9. The summed E-state index contributed by atoms with van der Waals surface area (Å²) in [4.78, 5) is 0. The SMILES string of the molecule is CCCCCCCCCCc1ccc(C(N)CO)cc1. The number of aryl methyl sites for hydroxylation is 1. The van der Waals surface area contributed by atoms with Crippen LogP contribution in [0, 0.1) is 0 Å². The van der Waals surface area contributed by atoms with Gasteiger partial charge in [-0.2, -0.15) is 0 Å². The maximum absolute atomic E-state index is 9.01. The first kappa shape index (κ1) is 17.2. The molecule has 114 valence electrons. The molecule has 1 atom stereocenters. The van der Waals surface area contributed by atoms with Crippen molar-refractivity contribution in [2.24, 2.45) is 5.73 Å². The minimum absolute atomic E-state index is 0.0113. The number of hydrogen-bond donors (Lipinski definition) is 2. The number of unbranched alkanes of at least 4 members (excludes halogenated alkanes) is 7. The third kappa shape index (κ3) is 7.06. The Balaban J connectivity index is 2.10. The molecule has 0 aliphatic heterocycles. The Morgan fingerprint density at radius 1 is 0.900 bits per heavy atom. The van der Waals surface area contributed by atoms with E-state index in [2.05, 4.69) is 19.1 Å². The van der Waals surface area contributed by atoms with E-state index in [1.807, 2.05) is 12.1 Å². The average molecular weight is 277 g/mol. The molecule has 0 aromatic heterocycles. The van der Waals surface area contributed by atoms with Crippen molar-refractivity contribution < 1.29 is 5.11 Å². The summed E-state index contributed by atoms with van der Waals surface area (Å²) in [5.74, 6) is 0. The highest BCUT2D eigenvalue weighted by molar-refractivity contribution is 5.24. The van der Waals surface area contributed by atoms with Gasteiger partial charge in [0.1, 0.15) is 0 Å². The Labute approximate surface area is 124 Å². The van der Waals surface area contributed by atoms with E-state index in [0.717, 1.165) is 12.0 Å². The van der Waals surface area contributed by atoms with E-state index in [0.29, 0.717) is 0 Å². The first-order valence-electron chi connectivity index (χ1n) is 8.23. The number of aliphatic hydroxyl groups is 1. The lowest BCUT2D eigenvalue weighted by Gasteiger charge is -2.09. The van der Waals surface area contributed by atoms with E-state index >= 15 is 0 Å². The second-order valence-corrected chi connectivity index (χ2v) is 5.76. The Morgan fingerprint density at radius 2 is 1.45 bits per heavy atom. The summed E-state index contributed by atoms with van der Waals surface area (Å²) in [5, 5.41) is 9.01. The number of nitrogens with two attached hydrogens (primary N) is 1. The Kier molecular flexibility index (Phi) is 9.35. The molecule has 3 N–H and O–H groups in total. The normalized spacial score (nSPS) is 12.6. The summed E-state index contributed by atoms with van der Waals surface area (Å²) >= 11 is 0. The van der Waals surface area contributed by atoms with Crippen molar-refractivity contribution >= 4 is 0 Å². The average Bonchev–Trinajstić information content (AvgIpc) is 2.50. The van der Waals surface area contributed by atoms with Crippen molar-refractivity contribution in [3.63, 3.8) is 0 Å². The largest absolute Gasteiger partial charge is 0.394 e. The summed E-state index contributed by atoms with van der Waals surface area (Å²) < 4.78 is 0. The highest BCUT2D eigenvalue weighted by atomic mass is 16.3. The molecule has 0 fully saturated rings. The van der Waals surface area contributed by atoms with Crippen molar-refractivity contribution in [2.45, 2.75) is 70.8 Å². The van der Waals surface area contributed by atoms with E-state index in [4.69, 9.17) is 10.8 Å². The molecule has 1 unspecified atom stereocenters. The maximum Gasteiger partial charge on any atom is 0.0624 e. The van der Waals surface area contributed by atoms with Gasteiger partial charge in [-0.25, -0.2) is 0 Å². The molecule has 2 heteroatoms. The molecule has 1 aromatic rings. The third-order valence-corrected chi connectivity index (χ3v) is 3.92. The van der Waals surface area contributed by atoms with Gasteiger partial charge in [0.2, 0.25) is 0 Å². The van der Waals surface area contributed by atoms with Crippen molar-refractivity contribution in [3.8, 4) is 0 Å². The minimum atomic E-state index is -0.243. The lowest BCUT2D eigenvalue weighted by Crippen LogP contribution is -2.14. The molecule has 0 bridgehead atoms. The maximum atomic E-state index is 9.01. The highest BCUT2D eigenvalue weighted by Crippen LogP contribution is 2.14.